The first-order valence-corrected chi connectivity index (χ1v) is 3.77. The maximum atomic E-state index is 11.1. The molecule has 1 unspecified atom stereocenters. The zero-order valence-corrected chi connectivity index (χ0v) is 7.13. The van der Waals surface area contributed by atoms with Crippen LogP contribution in [0.3, 0.4) is 0 Å². The maximum Gasteiger partial charge on any atom is 0.314 e. The summed E-state index contributed by atoms with van der Waals surface area (Å²) in [5.74, 6) is -2.18. The van der Waals surface area contributed by atoms with Gasteiger partial charge in [0.25, 0.3) is 0 Å². The molecule has 1 N–H and O–H groups in total. The second kappa shape index (κ2) is 4.11. The number of carboxylic acids is 1. The maximum absolute atomic E-state index is 11.1. The normalized spacial score (nSPS) is 13.1. The Balaban J connectivity index is 4.27. The van der Waals surface area contributed by atoms with Crippen LogP contribution in [0.25, 0.3) is 0 Å². The Labute approximate surface area is 66.4 Å². The number of ketones is 1. The minimum Gasteiger partial charge on any atom is -0.481 e. The van der Waals surface area contributed by atoms with E-state index in [2.05, 4.69) is 0 Å². The molecule has 3 nitrogen and oxygen atoms in total. The van der Waals surface area contributed by atoms with Gasteiger partial charge in [-0.3, -0.25) is 9.59 Å². The molecule has 0 aromatic carbocycles. The molecule has 0 heterocycles. The highest BCUT2D eigenvalue weighted by Gasteiger charge is 2.25. The van der Waals surface area contributed by atoms with Crippen LogP contribution in [0.2, 0.25) is 0 Å². The monoisotopic (exact) mass is 158 g/mol. The molecule has 0 radical (unpaired) electrons. The summed E-state index contributed by atoms with van der Waals surface area (Å²) in [6, 6.07) is 0. The number of carbonyl (C=O) groups is 2. The molecule has 0 aromatic heterocycles. The van der Waals surface area contributed by atoms with Crippen molar-refractivity contribution in [1.82, 2.24) is 0 Å². The van der Waals surface area contributed by atoms with Gasteiger partial charge in [-0.15, -0.1) is 0 Å². The molecule has 0 aromatic rings. The van der Waals surface area contributed by atoms with Crippen molar-refractivity contribution in [3.63, 3.8) is 0 Å². The molecule has 11 heavy (non-hydrogen) atoms. The van der Waals surface area contributed by atoms with Crippen molar-refractivity contribution in [1.29, 1.82) is 0 Å². The Bertz CT molecular complexity index is 161. The van der Waals surface area contributed by atoms with Crippen molar-refractivity contribution in [2.45, 2.75) is 27.2 Å². The average molecular weight is 158 g/mol. The van der Waals surface area contributed by atoms with Crippen molar-refractivity contribution < 1.29 is 14.7 Å². The number of hydrogen-bond donors (Lipinski definition) is 1. The van der Waals surface area contributed by atoms with Crippen molar-refractivity contribution in [3.05, 3.63) is 0 Å². The largest absolute Gasteiger partial charge is 0.481 e. The van der Waals surface area contributed by atoms with Gasteiger partial charge in [-0.25, -0.2) is 0 Å². The van der Waals surface area contributed by atoms with E-state index in [0.29, 0.717) is 6.42 Å². The minimum absolute atomic E-state index is 0.181. The van der Waals surface area contributed by atoms with Gasteiger partial charge in [0, 0.05) is 5.92 Å². The van der Waals surface area contributed by atoms with Gasteiger partial charge in [-0.1, -0.05) is 20.8 Å². The summed E-state index contributed by atoms with van der Waals surface area (Å²) in [5.41, 5.74) is 0. The zero-order chi connectivity index (χ0) is 9.02. The van der Waals surface area contributed by atoms with Crippen LogP contribution in [0.4, 0.5) is 0 Å². The van der Waals surface area contributed by atoms with E-state index in [1.54, 1.807) is 20.8 Å². The van der Waals surface area contributed by atoms with Crippen LogP contribution in [0.15, 0.2) is 0 Å². The fraction of sp³-hybridized carbons (Fsp3) is 0.750. The van der Waals surface area contributed by atoms with E-state index in [0.717, 1.165) is 0 Å². The number of carbonyl (C=O) groups excluding carboxylic acids is 1. The molecule has 0 aliphatic carbocycles. The van der Waals surface area contributed by atoms with E-state index in [9.17, 15) is 9.59 Å². The third-order valence-electron chi connectivity index (χ3n) is 1.62. The van der Waals surface area contributed by atoms with Crippen LogP contribution in [0.5, 0.6) is 0 Å². The molecule has 0 fully saturated rings. The van der Waals surface area contributed by atoms with Crippen LogP contribution in [-0.2, 0) is 9.59 Å². The Morgan fingerprint density at radius 3 is 1.91 bits per heavy atom. The van der Waals surface area contributed by atoms with Crippen LogP contribution in [-0.4, -0.2) is 16.9 Å². The summed E-state index contributed by atoms with van der Waals surface area (Å²) >= 11 is 0. The van der Waals surface area contributed by atoms with Gasteiger partial charge in [0.15, 0.2) is 0 Å². The summed E-state index contributed by atoms with van der Waals surface area (Å²) in [6.45, 7) is 5.14. The lowest BCUT2D eigenvalue weighted by molar-refractivity contribution is -0.147. The van der Waals surface area contributed by atoms with Gasteiger partial charge < -0.3 is 5.11 Å². The lowest BCUT2D eigenvalue weighted by Gasteiger charge is -2.10. The average Bonchev–Trinajstić information content (AvgIpc) is 1.88. The predicted molar refractivity (Wildman–Crippen MR) is 41.3 cm³/mol. The molecule has 0 saturated carbocycles. The number of rotatable bonds is 4. The van der Waals surface area contributed by atoms with E-state index < -0.39 is 11.9 Å². The first-order chi connectivity index (χ1) is 5.00. The number of hydrogen-bond acceptors (Lipinski definition) is 2. The summed E-state index contributed by atoms with van der Waals surface area (Å²) in [4.78, 5) is 21.6. The zero-order valence-electron chi connectivity index (χ0n) is 7.13. The molecule has 1 atom stereocenters. The summed E-state index contributed by atoms with van der Waals surface area (Å²) in [7, 11) is 0. The van der Waals surface area contributed by atoms with E-state index in [1.165, 1.54) is 0 Å². The van der Waals surface area contributed by atoms with Crippen molar-refractivity contribution in [3.8, 4) is 0 Å². The molecule has 64 valence electrons. The van der Waals surface area contributed by atoms with Crippen molar-refractivity contribution >= 4 is 11.8 Å². The van der Waals surface area contributed by atoms with Gasteiger partial charge in [-0.05, 0) is 6.42 Å². The fourth-order valence-electron chi connectivity index (χ4n) is 0.900. The third kappa shape index (κ3) is 2.70. The quantitative estimate of drug-likeness (QED) is 0.628. The number of carboxylic acid groups (broad SMARTS) is 1. The van der Waals surface area contributed by atoms with Gasteiger partial charge in [0.05, 0.1) is 0 Å². The highest BCUT2D eigenvalue weighted by Crippen LogP contribution is 2.10. The Kier molecular flexibility index (Phi) is 3.79. The molecule has 0 aliphatic rings. The second-order valence-corrected chi connectivity index (χ2v) is 2.86. The molecule has 0 amide bonds. The molecule has 0 bridgehead atoms. The smallest absolute Gasteiger partial charge is 0.314 e. The van der Waals surface area contributed by atoms with Crippen LogP contribution in [0.1, 0.15) is 27.2 Å². The topological polar surface area (TPSA) is 54.4 Å². The lowest BCUT2D eigenvalue weighted by Crippen LogP contribution is -2.26. The van der Waals surface area contributed by atoms with E-state index in [1.807, 2.05) is 0 Å². The second-order valence-electron chi connectivity index (χ2n) is 2.86. The molecule has 0 rings (SSSR count). The predicted octanol–water partition coefficient (Wildman–Crippen LogP) is 1.32. The molecular weight excluding hydrogens is 144 g/mol. The molecule has 3 heteroatoms. The van der Waals surface area contributed by atoms with Gasteiger partial charge in [0.1, 0.15) is 11.7 Å². The van der Waals surface area contributed by atoms with E-state index in [-0.39, 0.29) is 11.7 Å². The summed E-state index contributed by atoms with van der Waals surface area (Å²) in [5, 5.41) is 8.57. The number of Topliss-reactive ketones (excluding diaryl/α,β-unsaturated/α-hetero) is 1. The summed E-state index contributed by atoms with van der Waals surface area (Å²) in [6.07, 6.45) is 0.381. The first-order valence-electron chi connectivity index (χ1n) is 3.77. The standard InChI is InChI=1S/C8H14O3/c1-4-6(8(10)11)7(9)5(2)3/h5-6H,4H2,1-3H3,(H,10,11). The Morgan fingerprint density at radius 1 is 1.36 bits per heavy atom. The van der Waals surface area contributed by atoms with Gasteiger partial charge >= 0.3 is 5.97 Å². The van der Waals surface area contributed by atoms with Crippen LogP contribution < -0.4 is 0 Å². The van der Waals surface area contributed by atoms with Crippen LogP contribution in [0, 0.1) is 11.8 Å². The number of aliphatic carboxylic acids is 1. The Morgan fingerprint density at radius 2 is 1.82 bits per heavy atom. The highest BCUT2D eigenvalue weighted by molar-refractivity contribution is 5.98. The van der Waals surface area contributed by atoms with Crippen LogP contribution >= 0.6 is 0 Å². The summed E-state index contributed by atoms with van der Waals surface area (Å²) < 4.78 is 0. The van der Waals surface area contributed by atoms with E-state index in [4.69, 9.17) is 5.11 Å². The first kappa shape index (κ1) is 10.1. The molecule has 0 saturated heterocycles. The van der Waals surface area contributed by atoms with Gasteiger partial charge in [-0.2, -0.15) is 0 Å². The van der Waals surface area contributed by atoms with Crippen molar-refractivity contribution in [2.75, 3.05) is 0 Å². The SMILES string of the molecule is CCC(C(=O)O)C(=O)C(C)C. The molecule has 0 spiro atoms. The van der Waals surface area contributed by atoms with Gasteiger partial charge in [0.2, 0.25) is 0 Å². The third-order valence-corrected chi connectivity index (χ3v) is 1.62. The molecule has 0 aliphatic heterocycles. The highest BCUT2D eigenvalue weighted by atomic mass is 16.4. The molecular formula is C8H14O3. The Hall–Kier alpha value is -0.860. The van der Waals surface area contributed by atoms with Crippen molar-refractivity contribution in [2.24, 2.45) is 11.8 Å². The fourth-order valence-corrected chi connectivity index (χ4v) is 0.900. The van der Waals surface area contributed by atoms with E-state index >= 15 is 0 Å². The lowest BCUT2D eigenvalue weighted by atomic mass is 9.93. The minimum atomic E-state index is -1.01.